The van der Waals surface area contributed by atoms with Crippen molar-refractivity contribution >= 4 is 17.5 Å². The van der Waals surface area contributed by atoms with Crippen molar-refractivity contribution in [1.29, 1.82) is 0 Å². The summed E-state index contributed by atoms with van der Waals surface area (Å²) in [5.41, 5.74) is 3.85. The van der Waals surface area contributed by atoms with E-state index in [1.807, 2.05) is 32.0 Å². The summed E-state index contributed by atoms with van der Waals surface area (Å²) < 4.78 is 0. The van der Waals surface area contributed by atoms with Gasteiger partial charge in [0.2, 0.25) is 0 Å². The van der Waals surface area contributed by atoms with Crippen LogP contribution in [0.2, 0.25) is 0 Å². The fourth-order valence-corrected chi connectivity index (χ4v) is 2.03. The lowest BCUT2D eigenvalue weighted by molar-refractivity contribution is 0.0962. The highest BCUT2D eigenvalue weighted by molar-refractivity contribution is 6.05. The van der Waals surface area contributed by atoms with Crippen LogP contribution in [0.4, 0.5) is 5.69 Å². The molecule has 0 unspecified atom stereocenters. The Morgan fingerprint density at radius 1 is 0.905 bits per heavy atom. The molecule has 0 radical (unpaired) electrons. The van der Waals surface area contributed by atoms with Crippen molar-refractivity contribution < 1.29 is 9.59 Å². The third kappa shape index (κ3) is 3.48. The molecular weight excluding hydrogens is 264 g/mol. The second-order valence-electron chi connectivity index (χ2n) is 4.93. The minimum absolute atomic E-state index is 0.149. The second kappa shape index (κ2) is 6.22. The van der Waals surface area contributed by atoms with E-state index in [2.05, 4.69) is 10.6 Å². The average Bonchev–Trinajstić information content (AvgIpc) is 2.49. The summed E-state index contributed by atoms with van der Waals surface area (Å²) in [6.07, 6.45) is 0. The zero-order valence-corrected chi connectivity index (χ0v) is 12.4. The Morgan fingerprint density at radius 3 is 2.19 bits per heavy atom. The van der Waals surface area contributed by atoms with Crippen molar-refractivity contribution in [2.75, 3.05) is 12.4 Å². The standard InChI is InChI=1S/C17H18N2O2/c1-11-4-5-12(2)15(10-11)17(21)19-14-8-6-13(7-9-14)16(20)18-3/h4-10H,1-3H3,(H,18,20)(H,19,21). The summed E-state index contributed by atoms with van der Waals surface area (Å²) in [5.74, 6) is -0.300. The van der Waals surface area contributed by atoms with E-state index in [1.165, 1.54) is 0 Å². The highest BCUT2D eigenvalue weighted by atomic mass is 16.2. The van der Waals surface area contributed by atoms with Crippen molar-refractivity contribution in [3.63, 3.8) is 0 Å². The van der Waals surface area contributed by atoms with Crippen molar-refractivity contribution in [1.82, 2.24) is 5.32 Å². The van der Waals surface area contributed by atoms with Gasteiger partial charge in [-0.1, -0.05) is 17.7 Å². The molecule has 21 heavy (non-hydrogen) atoms. The van der Waals surface area contributed by atoms with Crippen LogP contribution < -0.4 is 10.6 Å². The predicted octanol–water partition coefficient (Wildman–Crippen LogP) is 2.92. The molecule has 2 aromatic rings. The number of rotatable bonds is 3. The van der Waals surface area contributed by atoms with Gasteiger partial charge in [0.1, 0.15) is 0 Å². The van der Waals surface area contributed by atoms with Crippen molar-refractivity contribution in [3.8, 4) is 0 Å². The Kier molecular flexibility index (Phi) is 4.38. The molecule has 2 rings (SSSR count). The lowest BCUT2D eigenvalue weighted by atomic mass is 10.0. The number of anilines is 1. The van der Waals surface area contributed by atoms with Crippen LogP contribution in [0, 0.1) is 13.8 Å². The average molecular weight is 282 g/mol. The molecule has 0 saturated carbocycles. The van der Waals surface area contributed by atoms with Crippen LogP contribution in [0.1, 0.15) is 31.8 Å². The minimum atomic E-state index is -0.151. The maximum Gasteiger partial charge on any atom is 0.255 e. The molecule has 0 saturated heterocycles. The molecule has 4 heteroatoms. The maximum absolute atomic E-state index is 12.3. The molecule has 2 aromatic carbocycles. The van der Waals surface area contributed by atoms with E-state index in [0.717, 1.165) is 11.1 Å². The first kappa shape index (κ1) is 14.8. The number of carbonyl (C=O) groups is 2. The minimum Gasteiger partial charge on any atom is -0.355 e. The number of carbonyl (C=O) groups excluding carboxylic acids is 2. The number of hydrogen-bond donors (Lipinski definition) is 2. The monoisotopic (exact) mass is 282 g/mol. The molecule has 0 aliphatic rings. The topological polar surface area (TPSA) is 58.2 Å². The first-order valence-corrected chi connectivity index (χ1v) is 6.72. The van der Waals surface area contributed by atoms with Gasteiger partial charge in [-0.25, -0.2) is 0 Å². The third-order valence-corrected chi connectivity index (χ3v) is 3.27. The number of benzene rings is 2. The van der Waals surface area contributed by atoms with Gasteiger partial charge in [0.05, 0.1) is 0 Å². The molecule has 0 heterocycles. The van der Waals surface area contributed by atoms with E-state index < -0.39 is 0 Å². The van der Waals surface area contributed by atoms with Gasteiger partial charge < -0.3 is 10.6 Å². The quantitative estimate of drug-likeness (QED) is 0.909. The zero-order valence-electron chi connectivity index (χ0n) is 12.4. The van der Waals surface area contributed by atoms with E-state index in [0.29, 0.717) is 16.8 Å². The molecule has 0 aliphatic carbocycles. The summed E-state index contributed by atoms with van der Waals surface area (Å²) in [4.78, 5) is 23.7. The normalized spacial score (nSPS) is 10.0. The van der Waals surface area contributed by atoms with Gasteiger partial charge >= 0.3 is 0 Å². The first-order chi connectivity index (χ1) is 10.0. The van der Waals surface area contributed by atoms with Gasteiger partial charge in [-0.15, -0.1) is 0 Å². The van der Waals surface area contributed by atoms with Crippen LogP contribution in [0.3, 0.4) is 0 Å². The Labute approximate surface area is 124 Å². The molecule has 0 spiro atoms. The molecule has 0 fully saturated rings. The predicted molar refractivity (Wildman–Crippen MR) is 83.7 cm³/mol. The van der Waals surface area contributed by atoms with Gasteiger partial charge in [-0.2, -0.15) is 0 Å². The van der Waals surface area contributed by atoms with Crippen LogP contribution in [0.5, 0.6) is 0 Å². The van der Waals surface area contributed by atoms with Crippen LogP contribution >= 0.6 is 0 Å². The van der Waals surface area contributed by atoms with E-state index in [1.54, 1.807) is 31.3 Å². The largest absolute Gasteiger partial charge is 0.355 e. The van der Waals surface area contributed by atoms with Gasteiger partial charge in [0.15, 0.2) is 0 Å². The number of nitrogens with one attached hydrogen (secondary N) is 2. The van der Waals surface area contributed by atoms with E-state index >= 15 is 0 Å². The van der Waals surface area contributed by atoms with Crippen LogP contribution in [0.15, 0.2) is 42.5 Å². The molecule has 4 nitrogen and oxygen atoms in total. The molecule has 0 aromatic heterocycles. The number of aryl methyl sites for hydroxylation is 2. The summed E-state index contributed by atoms with van der Waals surface area (Å²) >= 11 is 0. The Hall–Kier alpha value is -2.62. The van der Waals surface area contributed by atoms with Crippen LogP contribution in [0.25, 0.3) is 0 Å². The molecular formula is C17H18N2O2. The summed E-state index contributed by atoms with van der Waals surface area (Å²) in [7, 11) is 1.58. The molecule has 0 atom stereocenters. The lowest BCUT2D eigenvalue weighted by Crippen LogP contribution is -2.18. The third-order valence-electron chi connectivity index (χ3n) is 3.27. The van der Waals surface area contributed by atoms with Gasteiger partial charge in [0, 0.05) is 23.9 Å². The van der Waals surface area contributed by atoms with E-state index in [-0.39, 0.29) is 11.8 Å². The Balaban J connectivity index is 2.16. The SMILES string of the molecule is CNC(=O)c1ccc(NC(=O)c2cc(C)ccc2C)cc1. The summed E-state index contributed by atoms with van der Waals surface area (Å²) in [5, 5.41) is 5.39. The molecule has 108 valence electrons. The zero-order chi connectivity index (χ0) is 15.4. The molecule has 2 amide bonds. The maximum atomic E-state index is 12.3. The molecule has 0 bridgehead atoms. The first-order valence-electron chi connectivity index (χ1n) is 6.72. The van der Waals surface area contributed by atoms with Crippen LogP contribution in [-0.4, -0.2) is 18.9 Å². The van der Waals surface area contributed by atoms with E-state index in [4.69, 9.17) is 0 Å². The van der Waals surface area contributed by atoms with Gasteiger partial charge in [0.25, 0.3) is 11.8 Å². The van der Waals surface area contributed by atoms with Gasteiger partial charge in [-0.3, -0.25) is 9.59 Å². The van der Waals surface area contributed by atoms with Crippen LogP contribution in [-0.2, 0) is 0 Å². The van der Waals surface area contributed by atoms with Gasteiger partial charge in [-0.05, 0) is 49.7 Å². The van der Waals surface area contributed by atoms with Crippen molar-refractivity contribution in [2.24, 2.45) is 0 Å². The number of amides is 2. The van der Waals surface area contributed by atoms with Crippen molar-refractivity contribution in [3.05, 3.63) is 64.7 Å². The molecule has 2 N–H and O–H groups in total. The summed E-state index contributed by atoms with van der Waals surface area (Å²) in [6.45, 7) is 3.86. The Morgan fingerprint density at radius 2 is 1.57 bits per heavy atom. The second-order valence-corrected chi connectivity index (χ2v) is 4.93. The van der Waals surface area contributed by atoms with E-state index in [9.17, 15) is 9.59 Å². The fourth-order valence-electron chi connectivity index (χ4n) is 2.03. The highest BCUT2D eigenvalue weighted by Gasteiger charge is 2.10. The van der Waals surface area contributed by atoms with Crippen molar-refractivity contribution in [2.45, 2.75) is 13.8 Å². The Bertz CT molecular complexity index is 676. The lowest BCUT2D eigenvalue weighted by Gasteiger charge is -2.09. The highest BCUT2D eigenvalue weighted by Crippen LogP contribution is 2.15. The molecule has 0 aliphatic heterocycles. The summed E-state index contributed by atoms with van der Waals surface area (Å²) in [6, 6.07) is 12.6. The fraction of sp³-hybridized carbons (Fsp3) is 0.176. The smallest absolute Gasteiger partial charge is 0.255 e. The number of hydrogen-bond acceptors (Lipinski definition) is 2.